The van der Waals surface area contributed by atoms with Crippen LogP contribution in [0.3, 0.4) is 0 Å². The van der Waals surface area contributed by atoms with Crippen molar-refractivity contribution < 1.29 is 9.53 Å². The maximum atomic E-state index is 10.4. The van der Waals surface area contributed by atoms with Crippen LogP contribution in [0.1, 0.15) is 6.42 Å². The number of fused-ring (bicyclic) bond motifs is 2. The van der Waals surface area contributed by atoms with Gasteiger partial charge in [-0.15, -0.1) is 0 Å². The molecule has 2 rings (SSSR count). The molecule has 1 amide bonds. The first-order valence-electron chi connectivity index (χ1n) is 3.69. The van der Waals surface area contributed by atoms with Gasteiger partial charge in [0.1, 0.15) is 0 Å². The van der Waals surface area contributed by atoms with Gasteiger partial charge in [0.25, 0.3) is 0 Å². The Morgan fingerprint density at radius 3 is 3.10 bits per heavy atom. The average Bonchev–Trinajstić information content (AvgIpc) is 2.26. The Morgan fingerprint density at radius 1 is 1.50 bits per heavy atom. The number of rotatable bonds is 1. The number of hydrogen-bond acceptors (Lipinski definition) is 2. The second-order valence-electron chi connectivity index (χ2n) is 3.10. The molecule has 3 nitrogen and oxygen atoms in total. The van der Waals surface area contributed by atoms with E-state index in [0.29, 0.717) is 12.0 Å². The van der Waals surface area contributed by atoms with Crippen molar-refractivity contribution in [2.75, 3.05) is 19.8 Å². The van der Waals surface area contributed by atoms with Crippen LogP contribution in [0.2, 0.25) is 0 Å². The Morgan fingerprint density at radius 2 is 2.40 bits per heavy atom. The van der Waals surface area contributed by atoms with Gasteiger partial charge in [-0.05, 0) is 6.42 Å². The molecule has 2 aliphatic heterocycles. The van der Waals surface area contributed by atoms with Crippen LogP contribution >= 0.6 is 0 Å². The van der Waals surface area contributed by atoms with E-state index in [1.165, 1.54) is 0 Å². The molecule has 2 bridgehead atoms. The fourth-order valence-corrected chi connectivity index (χ4v) is 1.83. The third kappa shape index (κ3) is 0.814. The predicted molar refractivity (Wildman–Crippen MR) is 35.5 cm³/mol. The van der Waals surface area contributed by atoms with Crippen LogP contribution in [0.25, 0.3) is 0 Å². The van der Waals surface area contributed by atoms with Gasteiger partial charge in [0.15, 0.2) is 0 Å². The minimum atomic E-state index is 0.385. The zero-order valence-corrected chi connectivity index (χ0v) is 5.82. The van der Waals surface area contributed by atoms with E-state index in [9.17, 15) is 4.79 Å². The van der Waals surface area contributed by atoms with E-state index >= 15 is 0 Å². The Balaban J connectivity index is 2.07. The van der Waals surface area contributed by atoms with Crippen LogP contribution in [0.15, 0.2) is 0 Å². The van der Waals surface area contributed by atoms with E-state index < -0.39 is 0 Å². The molecule has 0 aromatic heterocycles. The van der Waals surface area contributed by atoms with Crippen LogP contribution in [-0.2, 0) is 9.53 Å². The molecule has 0 radical (unpaired) electrons. The number of ether oxygens (including phenoxy) is 1. The van der Waals surface area contributed by atoms with E-state index in [4.69, 9.17) is 4.74 Å². The van der Waals surface area contributed by atoms with E-state index in [1.54, 1.807) is 0 Å². The maximum absolute atomic E-state index is 10.4. The summed E-state index contributed by atoms with van der Waals surface area (Å²) in [5.74, 6) is 0.615. The standard InChI is InChI=1S/C7H11NO2/c9-5-8-2-6-1-7(8)4-10-3-6/h5-7H,1-4H2. The highest BCUT2D eigenvalue weighted by Crippen LogP contribution is 2.26. The molecule has 0 spiro atoms. The normalized spacial score (nSPS) is 38.2. The van der Waals surface area contributed by atoms with Gasteiger partial charge < -0.3 is 9.64 Å². The van der Waals surface area contributed by atoms with Crippen molar-refractivity contribution in [3.05, 3.63) is 0 Å². The Hall–Kier alpha value is -0.570. The lowest BCUT2D eigenvalue weighted by Crippen LogP contribution is -2.31. The largest absolute Gasteiger partial charge is 0.379 e. The van der Waals surface area contributed by atoms with Gasteiger partial charge in [-0.3, -0.25) is 4.79 Å². The lowest BCUT2D eigenvalue weighted by molar-refractivity contribution is -0.119. The van der Waals surface area contributed by atoms with Crippen LogP contribution in [0.5, 0.6) is 0 Å². The average molecular weight is 141 g/mol. The summed E-state index contributed by atoms with van der Waals surface area (Å²) in [6.07, 6.45) is 2.10. The predicted octanol–water partition coefficient (Wildman–Crippen LogP) is -0.137. The van der Waals surface area contributed by atoms with Crippen LogP contribution in [0.4, 0.5) is 0 Å². The van der Waals surface area contributed by atoms with Gasteiger partial charge >= 0.3 is 0 Å². The molecule has 2 aliphatic rings. The van der Waals surface area contributed by atoms with Gasteiger partial charge in [0, 0.05) is 12.5 Å². The van der Waals surface area contributed by atoms with Crippen LogP contribution < -0.4 is 0 Å². The highest BCUT2D eigenvalue weighted by atomic mass is 16.5. The Kier molecular flexibility index (Phi) is 1.38. The number of nitrogens with zero attached hydrogens (tertiary/aromatic N) is 1. The zero-order chi connectivity index (χ0) is 6.97. The molecule has 10 heavy (non-hydrogen) atoms. The van der Waals surface area contributed by atoms with Crippen molar-refractivity contribution in [3.63, 3.8) is 0 Å². The van der Waals surface area contributed by atoms with Gasteiger partial charge in [-0.2, -0.15) is 0 Å². The topological polar surface area (TPSA) is 29.5 Å². The fourth-order valence-electron chi connectivity index (χ4n) is 1.83. The third-order valence-electron chi connectivity index (χ3n) is 2.34. The molecule has 2 atom stereocenters. The monoisotopic (exact) mass is 141 g/mol. The summed E-state index contributed by atoms with van der Waals surface area (Å²) in [4.78, 5) is 12.3. The summed E-state index contributed by atoms with van der Waals surface area (Å²) in [6, 6.07) is 0.385. The molecule has 2 unspecified atom stereocenters. The molecule has 2 saturated heterocycles. The molecule has 2 fully saturated rings. The van der Waals surface area contributed by atoms with Crippen molar-refractivity contribution in [2.45, 2.75) is 12.5 Å². The minimum absolute atomic E-state index is 0.385. The highest BCUT2D eigenvalue weighted by molar-refractivity contribution is 5.48. The lowest BCUT2D eigenvalue weighted by Gasteiger charge is -2.20. The van der Waals surface area contributed by atoms with Crippen LogP contribution in [0, 0.1) is 5.92 Å². The van der Waals surface area contributed by atoms with Crippen molar-refractivity contribution >= 4 is 6.41 Å². The molecule has 0 N–H and O–H groups in total. The van der Waals surface area contributed by atoms with E-state index in [2.05, 4.69) is 0 Å². The fraction of sp³-hybridized carbons (Fsp3) is 0.857. The Bertz CT molecular complexity index is 149. The van der Waals surface area contributed by atoms with E-state index in [1.807, 2.05) is 4.90 Å². The Labute approximate surface area is 60.0 Å². The first-order chi connectivity index (χ1) is 4.90. The van der Waals surface area contributed by atoms with Crippen molar-refractivity contribution in [1.82, 2.24) is 4.90 Å². The number of hydrogen-bond donors (Lipinski definition) is 0. The smallest absolute Gasteiger partial charge is 0.210 e. The molecule has 0 aromatic rings. The molecule has 3 heteroatoms. The lowest BCUT2D eigenvalue weighted by atomic mass is 10.1. The van der Waals surface area contributed by atoms with Crippen LogP contribution in [-0.4, -0.2) is 37.1 Å². The second kappa shape index (κ2) is 2.23. The summed E-state index contributed by atoms with van der Waals surface area (Å²) < 4.78 is 5.29. The molecule has 0 saturated carbocycles. The van der Waals surface area contributed by atoms with Crippen molar-refractivity contribution in [3.8, 4) is 0 Å². The molecule has 0 aliphatic carbocycles. The van der Waals surface area contributed by atoms with Gasteiger partial charge in [0.05, 0.1) is 19.3 Å². The quantitative estimate of drug-likeness (QED) is 0.476. The summed E-state index contributed by atoms with van der Waals surface area (Å²) in [7, 11) is 0. The van der Waals surface area contributed by atoms with Crippen molar-refractivity contribution in [2.24, 2.45) is 5.92 Å². The van der Waals surface area contributed by atoms with E-state index in [-0.39, 0.29) is 0 Å². The first-order valence-corrected chi connectivity index (χ1v) is 3.69. The number of amides is 1. The summed E-state index contributed by atoms with van der Waals surface area (Å²) in [5.41, 5.74) is 0. The number of carbonyl (C=O) groups is 1. The number of likely N-dealkylation sites (tertiary alicyclic amines) is 1. The molecule has 0 aromatic carbocycles. The van der Waals surface area contributed by atoms with Gasteiger partial charge in [-0.1, -0.05) is 0 Å². The first kappa shape index (κ1) is 6.16. The maximum Gasteiger partial charge on any atom is 0.210 e. The molecular formula is C7H11NO2. The van der Waals surface area contributed by atoms with Crippen molar-refractivity contribution in [1.29, 1.82) is 0 Å². The summed E-state index contributed by atoms with van der Waals surface area (Å²) in [6.45, 7) is 2.50. The van der Waals surface area contributed by atoms with Gasteiger partial charge in [-0.25, -0.2) is 0 Å². The third-order valence-corrected chi connectivity index (χ3v) is 2.34. The summed E-state index contributed by atoms with van der Waals surface area (Å²) in [5, 5.41) is 0. The molecule has 2 heterocycles. The SMILES string of the molecule is O=CN1CC2COCC1C2. The highest BCUT2D eigenvalue weighted by Gasteiger charge is 2.34. The minimum Gasteiger partial charge on any atom is -0.379 e. The van der Waals surface area contributed by atoms with Gasteiger partial charge in [0.2, 0.25) is 6.41 Å². The molecule has 56 valence electrons. The zero-order valence-electron chi connectivity index (χ0n) is 5.82. The number of carbonyl (C=O) groups excluding carboxylic acids is 1. The summed E-state index contributed by atoms with van der Waals surface area (Å²) >= 11 is 0. The second-order valence-corrected chi connectivity index (χ2v) is 3.10. The van der Waals surface area contributed by atoms with E-state index in [0.717, 1.165) is 32.6 Å². The molecular weight excluding hydrogens is 130 g/mol.